The summed E-state index contributed by atoms with van der Waals surface area (Å²) in [5, 5.41) is 6.00. The molecular weight excluding hydrogens is 378 g/mol. The fourth-order valence-electron chi connectivity index (χ4n) is 2.01. The summed E-state index contributed by atoms with van der Waals surface area (Å²) in [6.07, 6.45) is 1.57. The molecule has 2 aromatic carbocycles. The molecule has 0 fully saturated rings. The van der Waals surface area contributed by atoms with E-state index in [9.17, 15) is 8.78 Å². The number of aromatic nitrogens is 2. The van der Waals surface area contributed by atoms with Gasteiger partial charge in [0.05, 0.1) is 0 Å². The highest BCUT2D eigenvalue weighted by atomic mass is 79.9. The minimum Gasteiger partial charge on any atom is -0.340 e. The monoisotopic (exact) mass is 390 g/mol. The van der Waals surface area contributed by atoms with Crippen LogP contribution in [0.3, 0.4) is 0 Å². The van der Waals surface area contributed by atoms with Crippen LogP contribution in [0, 0.1) is 18.6 Å². The zero-order valence-corrected chi connectivity index (χ0v) is 14.2. The maximum atomic E-state index is 13.2. The Morgan fingerprint density at radius 3 is 2.42 bits per heavy atom. The normalized spacial score (nSPS) is 10.5. The van der Waals surface area contributed by atoms with Crippen LogP contribution in [0.4, 0.5) is 31.9 Å². The van der Waals surface area contributed by atoms with E-state index >= 15 is 0 Å². The molecule has 0 radical (unpaired) electrons. The summed E-state index contributed by atoms with van der Waals surface area (Å²) < 4.78 is 27.2. The second kappa shape index (κ2) is 6.92. The van der Waals surface area contributed by atoms with Gasteiger partial charge in [-0.15, -0.1) is 0 Å². The van der Waals surface area contributed by atoms with Crippen LogP contribution in [0.2, 0.25) is 0 Å². The largest absolute Gasteiger partial charge is 0.340 e. The Bertz CT molecular complexity index is 817. The van der Waals surface area contributed by atoms with E-state index in [1.807, 2.05) is 25.1 Å². The maximum Gasteiger partial charge on any atom is 0.229 e. The average molecular weight is 391 g/mol. The van der Waals surface area contributed by atoms with Gasteiger partial charge in [0.1, 0.15) is 5.82 Å². The number of aryl methyl sites for hydroxylation is 1. The molecule has 0 aliphatic carbocycles. The van der Waals surface area contributed by atoms with E-state index in [2.05, 4.69) is 36.5 Å². The lowest BCUT2D eigenvalue weighted by Gasteiger charge is -2.09. The summed E-state index contributed by atoms with van der Waals surface area (Å²) in [6.45, 7) is 2.00. The van der Waals surface area contributed by atoms with Gasteiger partial charge in [-0.2, -0.15) is 4.98 Å². The average Bonchev–Trinajstić information content (AvgIpc) is 2.55. The highest BCUT2D eigenvalue weighted by molar-refractivity contribution is 9.10. The lowest BCUT2D eigenvalue weighted by Crippen LogP contribution is -2.01. The standard InChI is InChI=1S/C17H13BrF2N4/c1-10-2-3-11(8-13(10)18)22-16-6-7-21-17(24-16)23-12-4-5-14(19)15(20)9-12/h2-9H,1H3,(H2,21,22,23,24). The highest BCUT2D eigenvalue weighted by Gasteiger charge is 2.05. The molecule has 24 heavy (non-hydrogen) atoms. The van der Waals surface area contributed by atoms with E-state index < -0.39 is 11.6 Å². The molecular formula is C17H13BrF2N4. The first kappa shape index (κ1) is 16.3. The Hall–Kier alpha value is -2.54. The molecule has 0 aliphatic heterocycles. The van der Waals surface area contributed by atoms with Gasteiger partial charge in [0.15, 0.2) is 11.6 Å². The minimum atomic E-state index is -0.932. The predicted molar refractivity (Wildman–Crippen MR) is 93.8 cm³/mol. The first-order valence-corrected chi connectivity index (χ1v) is 7.89. The van der Waals surface area contributed by atoms with Gasteiger partial charge in [0.2, 0.25) is 5.95 Å². The van der Waals surface area contributed by atoms with E-state index in [0.29, 0.717) is 11.5 Å². The van der Waals surface area contributed by atoms with Gasteiger partial charge < -0.3 is 10.6 Å². The molecule has 0 unspecified atom stereocenters. The summed E-state index contributed by atoms with van der Waals surface area (Å²) in [4.78, 5) is 8.38. The second-order valence-corrected chi connectivity index (χ2v) is 5.96. The van der Waals surface area contributed by atoms with E-state index in [1.54, 1.807) is 12.3 Å². The predicted octanol–water partition coefficient (Wildman–Crippen LogP) is 5.31. The van der Waals surface area contributed by atoms with Crippen molar-refractivity contribution in [3.8, 4) is 0 Å². The molecule has 0 saturated heterocycles. The van der Waals surface area contributed by atoms with Gasteiger partial charge in [0, 0.05) is 28.1 Å². The Balaban J connectivity index is 1.78. The van der Waals surface area contributed by atoms with Gasteiger partial charge in [-0.05, 0) is 42.8 Å². The molecule has 0 amide bonds. The van der Waals surface area contributed by atoms with Crippen LogP contribution in [-0.2, 0) is 0 Å². The van der Waals surface area contributed by atoms with Crippen molar-refractivity contribution < 1.29 is 8.78 Å². The fourth-order valence-corrected chi connectivity index (χ4v) is 2.39. The van der Waals surface area contributed by atoms with Crippen LogP contribution in [0.15, 0.2) is 53.1 Å². The number of nitrogens with one attached hydrogen (secondary N) is 2. The zero-order valence-electron chi connectivity index (χ0n) is 12.6. The first-order valence-electron chi connectivity index (χ1n) is 7.09. The lowest BCUT2D eigenvalue weighted by molar-refractivity contribution is 0.509. The molecule has 7 heteroatoms. The second-order valence-electron chi connectivity index (χ2n) is 5.11. The third-order valence-corrected chi connectivity index (χ3v) is 4.13. The van der Waals surface area contributed by atoms with Crippen molar-refractivity contribution in [2.75, 3.05) is 10.6 Å². The Kier molecular flexibility index (Phi) is 4.71. The van der Waals surface area contributed by atoms with Crippen LogP contribution < -0.4 is 10.6 Å². The van der Waals surface area contributed by atoms with E-state index in [4.69, 9.17) is 0 Å². The Morgan fingerprint density at radius 1 is 0.917 bits per heavy atom. The molecule has 1 heterocycles. The zero-order chi connectivity index (χ0) is 17.1. The number of hydrogen-bond donors (Lipinski definition) is 2. The van der Waals surface area contributed by atoms with Gasteiger partial charge in [0.25, 0.3) is 0 Å². The molecule has 1 aromatic heterocycles. The smallest absolute Gasteiger partial charge is 0.229 e. The molecule has 0 saturated carbocycles. The van der Waals surface area contributed by atoms with E-state index in [1.165, 1.54) is 6.07 Å². The van der Waals surface area contributed by atoms with Crippen LogP contribution >= 0.6 is 15.9 Å². The number of hydrogen-bond acceptors (Lipinski definition) is 4. The van der Waals surface area contributed by atoms with Crippen LogP contribution in [0.5, 0.6) is 0 Å². The highest BCUT2D eigenvalue weighted by Crippen LogP contribution is 2.23. The van der Waals surface area contributed by atoms with Gasteiger partial charge in [-0.1, -0.05) is 22.0 Å². The topological polar surface area (TPSA) is 49.8 Å². The third kappa shape index (κ3) is 3.86. The molecule has 0 atom stereocenters. The summed E-state index contributed by atoms with van der Waals surface area (Å²) in [6, 6.07) is 11.1. The summed E-state index contributed by atoms with van der Waals surface area (Å²) >= 11 is 3.48. The van der Waals surface area contributed by atoms with E-state index in [-0.39, 0.29) is 5.95 Å². The summed E-state index contributed by atoms with van der Waals surface area (Å²) in [5.74, 6) is -0.983. The molecule has 3 rings (SSSR count). The Labute approximate surface area is 146 Å². The van der Waals surface area contributed by atoms with Crippen molar-refractivity contribution in [3.63, 3.8) is 0 Å². The van der Waals surface area contributed by atoms with Crippen molar-refractivity contribution in [2.24, 2.45) is 0 Å². The molecule has 0 spiro atoms. The number of anilines is 4. The molecule has 0 bridgehead atoms. The molecule has 122 valence electrons. The SMILES string of the molecule is Cc1ccc(Nc2ccnc(Nc3ccc(F)c(F)c3)n2)cc1Br. The number of nitrogens with zero attached hydrogens (tertiary/aromatic N) is 2. The fraction of sp³-hybridized carbons (Fsp3) is 0.0588. The number of rotatable bonds is 4. The quantitative estimate of drug-likeness (QED) is 0.633. The summed E-state index contributed by atoms with van der Waals surface area (Å²) in [5.41, 5.74) is 2.36. The van der Waals surface area contributed by atoms with Crippen molar-refractivity contribution in [1.82, 2.24) is 9.97 Å². The van der Waals surface area contributed by atoms with Gasteiger partial charge in [-0.25, -0.2) is 13.8 Å². The van der Waals surface area contributed by atoms with Crippen molar-refractivity contribution in [1.29, 1.82) is 0 Å². The van der Waals surface area contributed by atoms with Crippen molar-refractivity contribution >= 4 is 39.1 Å². The summed E-state index contributed by atoms with van der Waals surface area (Å²) in [7, 11) is 0. The third-order valence-electron chi connectivity index (χ3n) is 3.28. The first-order chi connectivity index (χ1) is 11.5. The molecule has 3 aromatic rings. The molecule has 2 N–H and O–H groups in total. The van der Waals surface area contributed by atoms with Crippen LogP contribution in [0.25, 0.3) is 0 Å². The van der Waals surface area contributed by atoms with Crippen molar-refractivity contribution in [2.45, 2.75) is 6.92 Å². The maximum absolute atomic E-state index is 13.2. The Morgan fingerprint density at radius 2 is 1.67 bits per heavy atom. The lowest BCUT2D eigenvalue weighted by atomic mass is 10.2. The molecule has 4 nitrogen and oxygen atoms in total. The minimum absolute atomic E-state index is 0.275. The number of benzene rings is 2. The van der Waals surface area contributed by atoms with Crippen molar-refractivity contribution in [3.05, 3.63) is 70.3 Å². The van der Waals surface area contributed by atoms with Gasteiger partial charge in [-0.3, -0.25) is 0 Å². The van der Waals surface area contributed by atoms with Crippen LogP contribution in [-0.4, -0.2) is 9.97 Å². The van der Waals surface area contributed by atoms with Gasteiger partial charge >= 0.3 is 0 Å². The number of halogens is 3. The van der Waals surface area contributed by atoms with E-state index in [0.717, 1.165) is 27.9 Å². The van der Waals surface area contributed by atoms with Crippen LogP contribution in [0.1, 0.15) is 5.56 Å². The molecule has 0 aliphatic rings.